The van der Waals surface area contributed by atoms with Crippen molar-refractivity contribution < 1.29 is 0 Å². The van der Waals surface area contributed by atoms with Crippen molar-refractivity contribution in [2.75, 3.05) is 0 Å². The molecule has 0 radical (unpaired) electrons. The first kappa shape index (κ1) is 13.4. The molecule has 0 aromatic heterocycles. The van der Waals surface area contributed by atoms with Crippen molar-refractivity contribution in [3.05, 3.63) is 70.3 Å². The standard InChI is InChI=1S/C18H18.C2H6/c1-18(2)15-8-4-3-7-13(15)14-11-10-12-6-5-9-16(18)17(12)14;1-2/h3-9,14H,10-11H2,1-2H3;1-2H3. The molecule has 2 aliphatic rings. The van der Waals surface area contributed by atoms with E-state index in [4.69, 9.17) is 0 Å². The minimum atomic E-state index is 0.156. The number of benzene rings is 2. The van der Waals surface area contributed by atoms with Crippen molar-refractivity contribution >= 4 is 0 Å². The van der Waals surface area contributed by atoms with E-state index in [9.17, 15) is 0 Å². The molecule has 0 heteroatoms. The lowest BCUT2D eigenvalue weighted by Gasteiger charge is -2.38. The van der Waals surface area contributed by atoms with Crippen LogP contribution in [-0.4, -0.2) is 0 Å². The quantitative estimate of drug-likeness (QED) is 0.595. The van der Waals surface area contributed by atoms with Crippen molar-refractivity contribution in [1.29, 1.82) is 0 Å². The average Bonchev–Trinajstić information content (AvgIpc) is 2.92. The first-order valence-corrected chi connectivity index (χ1v) is 7.91. The molecule has 1 atom stereocenters. The van der Waals surface area contributed by atoms with Crippen LogP contribution in [-0.2, 0) is 11.8 Å². The number of aryl methyl sites for hydroxylation is 1. The monoisotopic (exact) mass is 264 g/mol. The molecule has 0 saturated heterocycles. The normalized spacial score (nSPS) is 20.5. The van der Waals surface area contributed by atoms with Gasteiger partial charge in [0.1, 0.15) is 0 Å². The van der Waals surface area contributed by atoms with Crippen LogP contribution in [0.15, 0.2) is 42.5 Å². The van der Waals surface area contributed by atoms with Gasteiger partial charge in [0.05, 0.1) is 0 Å². The van der Waals surface area contributed by atoms with Gasteiger partial charge in [-0.05, 0) is 40.7 Å². The number of hydrogen-bond donors (Lipinski definition) is 0. The Hall–Kier alpha value is -1.56. The first-order valence-electron chi connectivity index (χ1n) is 7.91. The predicted molar refractivity (Wildman–Crippen MR) is 86.5 cm³/mol. The van der Waals surface area contributed by atoms with E-state index < -0.39 is 0 Å². The summed E-state index contributed by atoms with van der Waals surface area (Å²) in [4.78, 5) is 0. The number of hydrogen-bond acceptors (Lipinski definition) is 0. The summed E-state index contributed by atoms with van der Waals surface area (Å²) in [6.07, 6.45) is 2.54. The number of rotatable bonds is 0. The lowest BCUT2D eigenvalue weighted by molar-refractivity contribution is 0.585. The summed E-state index contributed by atoms with van der Waals surface area (Å²) >= 11 is 0. The summed E-state index contributed by atoms with van der Waals surface area (Å²) in [5.74, 6) is 0.653. The van der Waals surface area contributed by atoms with E-state index >= 15 is 0 Å². The summed E-state index contributed by atoms with van der Waals surface area (Å²) in [5.41, 5.74) is 8.03. The second-order valence-electron chi connectivity index (χ2n) is 6.18. The molecule has 0 amide bonds. The van der Waals surface area contributed by atoms with Crippen LogP contribution in [0.1, 0.15) is 67.9 Å². The van der Waals surface area contributed by atoms with Gasteiger partial charge in [-0.25, -0.2) is 0 Å². The van der Waals surface area contributed by atoms with Gasteiger partial charge in [0.2, 0.25) is 0 Å². The minimum Gasteiger partial charge on any atom is -0.0683 e. The third kappa shape index (κ3) is 1.67. The molecule has 0 spiro atoms. The molecule has 0 nitrogen and oxygen atoms in total. The molecule has 1 unspecified atom stereocenters. The molecule has 0 heterocycles. The molecule has 0 bridgehead atoms. The van der Waals surface area contributed by atoms with Crippen molar-refractivity contribution in [1.82, 2.24) is 0 Å². The van der Waals surface area contributed by atoms with E-state index in [1.807, 2.05) is 13.8 Å². The van der Waals surface area contributed by atoms with E-state index in [1.54, 1.807) is 22.3 Å². The SMILES string of the molecule is CC.CC1(C)c2ccccc2C2CCc3cccc1c32. The third-order valence-corrected chi connectivity index (χ3v) is 4.93. The van der Waals surface area contributed by atoms with Crippen LogP contribution < -0.4 is 0 Å². The Morgan fingerprint density at radius 1 is 0.900 bits per heavy atom. The zero-order chi connectivity index (χ0) is 14.3. The molecule has 0 N–H and O–H groups in total. The maximum atomic E-state index is 2.37. The van der Waals surface area contributed by atoms with E-state index in [1.165, 1.54) is 18.4 Å². The van der Waals surface area contributed by atoms with E-state index in [0.29, 0.717) is 5.92 Å². The van der Waals surface area contributed by atoms with Gasteiger partial charge in [0, 0.05) is 11.3 Å². The zero-order valence-electron chi connectivity index (χ0n) is 13.0. The fourth-order valence-electron chi connectivity index (χ4n) is 4.06. The summed E-state index contributed by atoms with van der Waals surface area (Å²) in [6, 6.07) is 15.9. The maximum Gasteiger partial charge on any atom is 0.0152 e. The molecular formula is C20H24. The van der Waals surface area contributed by atoms with E-state index in [2.05, 4.69) is 56.3 Å². The van der Waals surface area contributed by atoms with Crippen LogP contribution in [0.25, 0.3) is 0 Å². The Kier molecular flexibility index (Phi) is 3.20. The molecule has 2 aromatic rings. The second kappa shape index (κ2) is 4.77. The molecule has 0 saturated carbocycles. The van der Waals surface area contributed by atoms with Crippen LogP contribution >= 0.6 is 0 Å². The Balaban J connectivity index is 0.000000581. The highest BCUT2D eigenvalue weighted by Gasteiger charge is 2.40. The van der Waals surface area contributed by atoms with Crippen molar-refractivity contribution in [2.45, 2.75) is 51.9 Å². The first-order chi connectivity index (χ1) is 9.69. The van der Waals surface area contributed by atoms with Crippen LogP contribution in [0.2, 0.25) is 0 Å². The average molecular weight is 264 g/mol. The highest BCUT2D eigenvalue weighted by atomic mass is 14.4. The lowest BCUT2D eigenvalue weighted by Crippen LogP contribution is -2.28. The summed E-state index contributed by atoms with van der Waals surface area (Å²) < 4.78 is 0. The third-order valence-electron chi connectivity index (χ3n) is 4.93. The van der Waals surface area contributed by atoms with Gasteiger partial charge in [-0.3, -0.25) is 0 Å². The van der Waals surface area contributed by atoms with Gasteiger partial charge in [-0.2, -0.15) is 0 Å². The molecular weight excluding hydrogens is 240 g/mol. The van der Waals surface area contributed by atoms with Gasteiger partial charge in [0.15, 0.2) is 0 Å². The topological polar surface area (TPSA) is 0 Å². The van der Waals surface area contributed by atoms with Gasteiger partial charge >= 0.3 is 0 Å². The Morgan fingerprint density at radius 2 is 1.60 bits per heavy atom. The predicted octanol–water partition coefficient (Wildman–Crippen LogP) is 5.43. The van der Waals surface area contributed by atoms with E-state index in [0.717, 1.165) is 0 Å². The summed E-state index contributed by atoms with van der Waals surface area (Å²) in [6.45, 7) is 8.74. The molecule has 104 valence electrons. The molecule has 0 fully saturated rings. The van der Waals surface area contributed by atoms with Crippen molar-refractivity contribution in [2.24, 2.45) is 0 Å². The Bertz CT molecular complexity index is 634. The van der Waals surface area contributed by atoms with E-state index in [-0.39, 0.29) is 5.41 Å². The molecule has 20 heavy (non-hydrogen) atoms. The van der Waals surface area contributed by atoms with Gasteiger partial charge < -0.3 is 0 Å². The molecule has 2 aromatic carbocycles. The van der Waals surface area contributed by atoms with Gasteiger partial charge in [-0.1, -0.05) is 70.2 Å². The highest BCUT2D eigenvalue weighted by Crippen LogP contribution is 2.52. The fraction of sp³-hybridized carbons (Fsp3) is 0.400. The van der Waals surface area contributed by atoms with Crippen LogP contribution in [0, 0.1) is 0 Å². The lowest BCUT2D eigenvalue weighted by atomic mass is 9.66. The number of fused-ring (bicyclic) bond motifs is 2. The summed E-state index contributed by atoms with van der Waals surface area (Å²) in [7, 11) is 0. The van der Waals surface area contributed by atoms with Gasteiger partial charge in [-0.15, -0.1) is 0 Å². The molecule has 0 aliphatic heterocycles. The zero-order valence-corrected chi connectivity index (χ0v) is 13.0. The largest absolute Gasteiger partial charge is 0.0683 e. The fourth-order valence-corrected chi connectivity index (χ4v) is 4.06. The smallest absolute Gasteiger partial charge is 0.0152 e. The second-order valence-corrected chi connectivity index (χ2v) is 6.18. The maximum absolute atomic E-state index is 2.37. The highest BCUT2D eigenvalue weighted by molar-refractivity contribution is 5.59. The summed E-state index contributed by atoms with van der Waals surface area (Å²) in [5, 5.41) is 0. The van der Waals surface area contributed by atoms with Crippen LogP contribution in [0.4, 0.5) is 0 Å². The van der Waals surface area contributed by atoms with Crippen LogP contribution in [0.3, 0.4) is 0 Å². The van der Waals surface area contributed by atoms with Crippen molar-refractivity contribution in [3.63, 3.8) is 0 Å². The molecule has 2 aliphatic carbocycles. The van der Waals surface area contributed by atoms with Crippen LogP contribution in [0.5, 0.6) is 0 Å². The molecule has 4 rings (SSSR count). The van der Waals surface area contributed by atoms with Crippen molar-refractivity contribution in [3.8, 4) is 0 Å². The Morgan fingerprint density at radius 3 is 2.40 bits per heavy atom. The van der Waals surface area contributed by atoms with Gasteiger partial charge in [0.25, 0.3) is 0 Å². The minimum absolute atomic E-state index is 0.156. The Labute approximate surface area is 122 Å².